The van der Waals surface area contributed by atoms with Crippen molar-refractivity contribution in [2.75, 3.05) is 33.3 Å². The summed E-state index contributed by atoms with van der Waals surface area (Å²) in [6.07, 6.45) is 1.63. The summed E-state index contributed by atoms with van der Waals surface area (Å²) in [6.45, 7) is 0.585. The molecule has 0 radical (unpaired) electrons. The highest BCUT2D eigenvalue weighted by atomic mass is 32.2. The van der Waals surface area contributed by atoms with E-state index in [0.29, 0.717) is 5.75 Å². The van der Waals surface area contributed by atoms with Gasteiger partial charge in [-0.05, 0) is 30.3 Å². The average molecular weight is 444 g/mol. The number of hydrogen-bond acceptors (Lipinski definition) is 5. The molecule has 8 nitrogen and oxygen atoms in total. The predicted molar refractivity (Wildman–Crippen MR) is 111 cm³/mol. The Morgan fingerprint density at radius 1 is 1.03 bits per heavy atom. The lowest BCUT2D eigenvalue weighted by molar-refractivity contribution is 0.0688. The monoisotopic (exact) mass is 444 g/mol. The number of nitrogens with zero attached hydrogens (tertiary/aromatic N) is 4. The summed E-state index contributed by atoms with van der Waals surface area (Å²) in [5.74, 6) is -0.617. The van der Waals surface area contributed by atoms with E-state index in [0.717, 1.165) is 11.8 Å². The topological polar surface area (TPSA) is 84.7 Å². The molecule has 0 saturated carbocycles. The van der Waals surface area contributed by atoms with Crippen LogP contribution in [0.1, 0.15) is 10.5 Å². The molecular formula is C21H21FN4O4S. The molecule has 31 heavy (non-hydrogen) atoms. The van der Waals surface area contributed by atoms with Gasteiger partial charge in [-0.2, -0.15) is 9.40 Å². The Hall–Kier alpha value is -3.24. The number of carbonyl (C=O) groups excluding carboxylic acids is 1. The van der Waals surface area contributed by atoms with Crippen molar-refractivity contribution in [3.05, 3.63) is 72.3 Å². The largest absolute Gasteiger partial charge is 0.493 e. The molecule has 1 fully saturated rings. The Kier molecular flexibility index (Phi) is 5.75. The second kappa shape index (κ2) is 8.48. The van der Waals surface area contributed by atoms with Gasteiger partial charge < -0.3 is 9.64 Å². The molecule has 4 rings (SSSR count). The van der Waals surface area contributed by atoms with Crippen LogP contribution in [0.3, 0.4) is 0 Å². The van der Waals surface area contributed by atoms with Gasteiger partial charge in [0, 0.05) is 26.2 Å². The summed E-state index contributed by atoms with van der Waals surface area (Å²) >= 11 is 0. The normalized spacial score (nSPS) is 15.1. The molecule has 0 atom stereocenters. The van der Waals surface area contributed by atoms with Gasteiger partial charge >= 0.3 is 0 Å². The van der Waals surface area contributed by atoms with E-state index in [-0.39, 0.29) is 42.7 Å². The van der Waals surface area contributed by atoms with Gasteiger partial charge in [0.2, 0.25) is 10.0 Å². The van der Waals surface area contributed by atoms with Crippen LogP contribution in [0.5, 0.6) is 5.75 Å². The van der Waals surface area contributed by atoms with Crippen LogP contribution < -0.4 is 4.74 Å². The van der Waals surface area contributed by atoms with Gasteiger partial charge in [0.05, 0.1) is 23.9 Å². The third-order valence-electron chi connectivity index (χ3n) is 5.08. The van der Waals surface area contributed by atoms with E-state index in [1.807, 2.05) is 30.3 Å². The molecule has 0 N–H and O–H groups in total. The second-order valence-corrected chi connectivity index (χ2v) is 8.92. The van der Waals surface area contributed by atoms with Gasteiger partial charge in [-0.15, -0.1) is 0 Å². The quantitative estimate of drug-likeness (QED) is 0.602. The van der Waals surface area contributed by atoms with Crippen LogP contribution in [0.15, 0.2) is 65.7 Å². The van der Waals surface area contributed by atoms with E-state index in [4.69, 9.17) is 4.74 Å². The molecule has 0 aliphatic carbocycles. The molecule has 1 aliphatic heterocycles. The van der Waals surface area contributed by atoms with Gasteiger partial charge in [-0.1, -0.05) is 24.3 Å². The molecule has 1 saturated heterocycles. The van der Waals surface area contributed by atoms with Gasteiger partial charge in [0.25, 0.3) is 5.91 Å². The molecule has 0 spiro atoms. The molecule has 0 bridgehead atoms. The van der Waals surface area contributed by atoms with E-state index in [1.54, 1.807) is 10.9 Å². The first-order valence-corrected chi connectivity index (χ1v) is 11.1. The molecule has 10 heteroatoms. The number of ether oxygens (including phenoxy) is 1. The highest BCUT2D eigenvalue weighted by Gasteiger charge is 2.32. The van der Waals surface area contributed by atoms with E-state index in [9.17, 15) is 17.6 Å². The van der Waals surface area contributed by atoms with Crippen LogP contribution in [0.25, 0.3) is 5.69 Å². The Balaban J connectivity index is 1.49. The molecule has 1 amide bonds. The van der Waals surface area contributed by atoms with Crippen molar-refractivity contribution in [1.82, 2.24) is 19.0 Å². The fourth-order valence-corrected chi connectivity index (χ4v) is 4.88. The smallest absolute Gasteiger partial charge is 0.278 e. The molecule has 162 valence electrons. The fourth-order valence-electron chi connectivity index (χ4n) is 3.43. The minimum absolute atomic E-state index is 0.101. The first-order chi connectivity index (χ1) is 14.9. The van der Waals surface area contributed by atoms with Crippen LogP contribution in [-0.4, -0.2) is 66.6 Å². The van der Waals surface area contributed by atoms with Crippen LogP contribution in [-0.2, 0) is 10.0 Å². The van der Waals surface area contributed by atoms with Crippen LogP contribution >= 0.6 is 0 Å². The van der Waals surface area contributed by atoms with E-state index < -0.39 is 15.8 Å². The number of aromatic nitrogens is 2. The fraction of sp³-hybridized carbons (Fsp3) is 0.238. The molecular weight excluding hydrogens is 423 g/mol. The van der Waals surface area contributed by atoms with Crippen molar-refractivity contribution in [3.8, 4) is 11.4 Å². The number of methoxy groups -OCH3 is 1. The van der Waals surface area contributed by atoms with Gasteiger partial charge in [0.1, 0.15) is 5.82 Å². The third-order valence-corrected chi connectivity index (χ3v) is 6.98. The number of hydrogen-bond donors (Lipinski definition) is 0. The maximum Gasteiger partial charge on any atom is 0.278 e. The summed E-state index contributed by atoms with van der Waals surface area (Å²) in [5.41, 5.74) is 0.943. The van der Waals surface area contributed by atoms with Crippen LogP contribution in [0.2, 0.25) is 0 Å². The number of para-hydroxylation sites is 1. The van der Waals surface area contributed by atoms with Gasteiger partial charge in [-0.3, -0.25) is 4.79 Å². The number of halogens is 1. The molecule has 1 aromatic heterocycles. The van der Waals surface area contributed by atoms with Gasteiger partial charge in [0.15, 0.2) is 11.4 Å². The summed E-state index contributed by atoms with van der Waals surface area (Å²) in [4.78, 5) is 14.5. The van der Waals surface area contributed by atoms with Crippen molar-refractivity contribution in [1.29, 1.82) is 0 Å². The average Bonchev–Trinajstić information content (AvgIpc) is 3.24. The molecule has 3 aromatic rings. The number of benzene rings is 2. The van der Waals surface area contributed by atoms with Crippen molar-refractivity contribution in [3.63, 3.8) is 0 Å². The van der Waals surface area contributed by atoms with Crippen LogP contribution in [0, 0.1) is 5.82 Å². The van der Waals surface area contributed by atoms with Crippen molar-refractivity contribution in [2.24, 2.45) is 0 Å². The van der Waals surface area contributed by atoms with Crippen molar-refractivity contribution in [2.45, 2.75) is 4.90 Å². The minimum Gasteiger partial charge on any atom is -0.493 e. The number of rotatable bonds is 5. The lowest BCUT2D eigenvalue weighted by atomic mass is 10.3. The Bertz CT molecular complexity index is 1190. The second-order valence-electron chi connectivity index (χ2n) is 6.98. The van der Waals surface area contributed by atoms with Crippen molar-refractivity contribution < 1.29 is 22.3 Å². The van der Waals surface area contributed by atoms with E-state index in [2.05, 4.69) is 5.10 Å². The third kappa shape index (κ3) is 4.17. The summed E-state index contributed by atoms with van der Waals surface area (Å²) < 4.78 is 47.1. The highest BCUT2D eigenvalue weighted by Crippen LogP contribution is 2.23. The van der Waals surface area contributed by atoms with Crippen molar-refractivity contribution >= 4 is 15.9 Å². The molecule has 1 aliphatic rings. The standard InChI is InChI=1S/C21H21FN4O4S/c1-30-19-15-26(17-7-3-2-4-8-17)23-20(19)21(27)24-10-12-25(13-11-24)31(28,29)18-9-5-6-16(22)14-18/h2-9,14-15H,10-13H2,1H3. The van der Waals surface area contributed by atoms with Gasteiger partial charge in [-0.25, -0.2) is 17.5 Å². The highest BCUT2D eigenvalue weighted by molar-refractivity contribution is 7.89. The number of carbonyl (C=O) groups is 1. The maximum absolute atomic E-state index is 13.5. The summed E-state index contributed by atoms with van der Waals surface area (Å²) in [6, 6.07) is 14.2. The van der Waals surface area contributed by atoms with Crippen LogP contribution in [0.4, 0.5) is 4.39 Å². The maximum atomic E-state index is 13.5. The Labute approximate surface area is 179 Å². The summed E-state index contributed by atoms with van der Waals surface area (Å²) in [7, 11) is -2.37. The summed E-state index contributed by atoms with van der Waals surface area (Å²) in [5, 5.41) is 4.38. The Morgan fingerprint density at radius 3 is 2.39 bits per heavy atom. The zero-order valence-corrected chi connectivity index (χ0v) is 17.6. The zero-order chi connectivity index (χ0) is 22.0. The minimum atomic E-state index is -3.83. The number of amides is 1. The molecule has 2 aromatic carbocycles. The lowest BCUT2D eigenvalue weighted by Gasteiger charge is -2.33. The first-order valence-electron chi connectivity index (χ1n) is 9.64. The van der Waals surface area contributed by atoms with E-state index >= 15 is 0 Å². The molecule has 2 heterocycles. The lowest BCUT2D eigenvalue weighted by Crippen LogP contribution is -2.50. The zero-order valence-electron chi connectivity index (χ0n) is 16.8. The SMILES string of the molecule is COc1cn(-c2ccccc2)nc1C(=O)N1CCN(S(=O)(=O)c2cccc(F)c2)CC1. The predicted octanol–water partition coefficient (Wildman–Crippen LogP) is 2.17. The number of sulfonamides is 1. The Morgan fingerprint density at radius 2 is 1.74 bits per heavy atom. The number of piperazine rings is 1. The first kappa shape index (κ1) is 21.0. The molecule has 0 unspecified atom stereocenters. The van der Waals surface area contributed by atoms with E-state index in [1.165, 1.54) is 34.5 Å².